The Balaban J connectivity index is 2.16. The maximum Gasteiger partial charge on any atom is 0.186 e. The van der Waals surface area contributed by atoms with E-state index in [0.717, 1.165) is 16.8 Å². The molecular formula is C15H18ClN5S. The van der Waals surface area contributed by atoms with Crippen LogP contribution in [-0.4, -0.2) is 28.2 Å². The lowest BCUT2D eigenvalue weighted by atomic mass is 10.1. The van der Waals surface area contributed by atoms with Gasteiger partial charge in [0.1, 0.15) is 5.15 Å². The molecule has 2 rings (SSSR count). The number of hydrogen-bond acceptors (Lipinski definition) is 3. The number of hydrogen-bond donors (Lipinski definition) is 2. The van der Waals surface area contributed by atoms with Gasteiger partial charge >= 0.3 is 0 Å². The number of hydrazone groups is 1. The summed E-state index contributed by atoms with van der Waals surface area (Å²) >= 11 is 11.3. The van der Waals surface area contributed by atoms with E-state index in [9.17, 15) is 0 Å². The van der Waals surface area contributed by atoms with Crippen LogP contribution in [-0.2, 0) is 6.54 Å². The van der Waals surface area contributed by atoms with E-state index in [-0.39, 0.29) is 0 Å². The van der Waals surface area contributed by atoms with Gasteiger partial charge in [0.05, 0.1) is 24.0 Å². The lowest BCUT2D eigenvalue weighted by Crippen LogP contribution is -2.28. The van der Waals surface area contributed by atoms with Gasteiger partial charge in [-0.15, -0.1) is 0 Å². The number of aromatic nitrogens is 2. The Hall–Kier alpha value is -1.92. The fourth-order valence-corrected chi connectivity index (χ4v) is 2.23. The molecule has 0 unspecified atom stereocenters. The van der Waals surface area contributed by atoms with Gasteiger partial charge in [0.2, 0.25) is 0 Å². The van der Waals surface area contributed by atoms with Gasteiger partial charge in [0.15, 0.2) is 5.11 Å². The predicted octanol–water partition coefficient (Wildman–Crippen LogP) is 2.63. The number of halogens is 1. The van der Waals surface area contributed by atoms with Crippen LogP contribution in [0.4, 0.5) is 0 Å². The van der Waals surface area contributed by atoms with Crippen molar-refractivity contribution in [1.82, 2.24) is 20.5 Å². The number of rotatable bonds is 4. The topological polar surface area (TPSA) is 54.2 Å². The van der Waals surface area contributed by atoms with Crippen molar-refractivity contribution in [3.05, 3.63) is 51.8 Å². The Morgan fingerprint density at radius 3 is 2.68 bits per heavy atom. The molecular weight excluding hydrogens is 318 g/mol. The molecule has 2 N–H and O–H groups in total. The Kier molecular flexibility index (Phi) is 5.51. The van der Waals surface area contributed by atoms with Crippen molar-refractivity contribution < 1.29 is 0 Å². The summed E-state index contributed by atoms with van der Waals surface area (Å²) in [5.41, 5.74) is 6.66. The second kappa shape index (κ2) is 7.38. The molecule has 0 aliphatic rings. The van der Waals surface area contributed by atoms with E-state index in [1.165, 1.54) is 5.56 Å². The van der Waals surface area contributed by atoms with Crippen LogP contribution >= 0.6 is 23.8 Å². The molecule has 1 aromatic heterocycles. The highest BCUT2D eigenvalue weighted by Crippen LogP contribution is 2.19. The van der Waals surface area contributed by atoms with Crippen LogP contribution in [0, 0.1) is 13.8 Å². The van der Waals surface area contributed by atoms with Gasteiger partial charge in [-0.25, -0.2) is 4.68 Å². The third-order valence-corrected chi connectivity index (χ3v) is 3.84. The highest BCUT2D eigenvalue weighted by molar-refractivity contribution is 7.80. The fraction of sp³-hybridized carbons (Fsp3) is 0.267. The first kappa shape index (κ1) is 16.5. The number of nitrogens with one attached hydrogen (secondary N) is 2. The third kappa shape index (κ3) is 4.05. The van der Waals surface area contributed by atoms with Gasteiger partial charge < -0.3 is 5.32 Å². The molecule has 0 aliphatic carbocycles. The van der Waals surface area contributed by atoms with Gasteiger partial charge in [-0.05, 0) is 31.6 Å². The summed E-state index contributed by atoms with van der Waals surface area (Å²) < 4.78 is 1.76. The SMILES string of the molecule is CNC(=S)N/N=C\c1c(C)nn(Cc2ccc(C)cc2)c1Cl. The highest BCUT2D eigenvalue weighted by Gasteiger charge is 2.12. The van der Waals surface area contributed by atoms with Crippen molar-refractivity contribution >= 4 is 35.1 Å². The van der Waals surface area contributed by atoms with Crippen LogP contribution in [0.5, 0.6) is 0 Å². The molecule has 2 aromatic rings. The minimum atomic E-state index is 0.442. The van der Waals surface area contributed by atoms with Crippen molar-refractivity contribution in [3.8, 4) is 0 Å². The van der Waals surface area contributed by atoms with E-state index in [2.05, 4.69) is 52.1 Å². The largest absolute Gasteiger partial charge is 0.364 e. The molecule has 116 valence electrons. The van der Waals surface area contributed by atoms with Crippen LogP contribution < -0.4 is 10.7 Å². The summed E-state index contributed by atoms with van der Waals surface area (Å²) in [7, 11) is 1.72. The Bertz CT molecular complexity index is 691. The van der Waals surface area contributed by atoms with E-state index in [1.54, 1.807) is 17.9 Å². The number of benzene rings is 1. The molecule has 1 aromatic carbocycles. The average Bonchev–Trinajstić information content (AvgIpc) is 2.76. The molecule has 0 saturated carbocycles. The summed E-state index contributed by atoms with van der Waals surface area (Å²) in [6.07, 6.45) is 1.62. The minimum Gasteiger partial charge on any atom is -0.364 e. The zero-order valence-corrected chi connectivity index (χ0v) is 14.3. The van der Waals surface area contributed by atoms with E-state index in [4.69, 9.17) is 23.8 Å². The standard InChI is InChI=1S/C15H18ClN5S/c1-10-4-6-12(7-5-10)9-21-14(16)13(11(2)20-21)8-18-19-15(22)17-3/h4-8H,9H2,1-3H3,(H2,17,19,22)/b18-8-. The van der Waals surface area contributed by atoms with Crippen molar-refractivity contribution in [2.45, 2.75) is 20.4 Å². The van der Waals surface area contributed by atoms with E-state index >= 15 is 0 Å². The molecule has 0 radical (unpaired) electrons. The molecule has 7 heteroatoms. The molecule has 0 saturated heterocycles. The second-order valence-electron chi connectivity index (χ2n) is 4.88. The normalized spacial score (nSPS) is 10.9. The van der Waals surface area contributed by atoms with Gasteiger partial charge in [0.25, 0.3) is 0 Å². The van der Waals surface area contributed by atoms with Crippen molar-refractivity contribution in [1.29, 1.82) is 0 Å². The molecule has 0 aliphatic heterocycles. The van der Waals surface area contributed by atoms with Crippen LogP contribution in [0.3, 0.4) is 0 Å². The Labute approximate surface area is 140 Å². The zero-order valence-electron chi connectivity index (χ0n) is 12.7. The summed E-state index contributed by atoms with van der Waals surface area (Å²) in [4.78, 5) is 0. The molecule has 0 bridgehead atoms. The van der Waals surface area contributed by atoms with E-state index in [0.29, 0.717) is 16.8 Å². The van der Waals surface area contributed by atoms with Crippen LogP contribution in [0.15, 0.2) is 29.4 Å². The Morgan fingerprint density at radius 2 is 2.05 bits per heavy atom. The van der Waals surface area contributed by atoms with Gasteiger partial charge in [-0.2, -0.15) is 10.2 Å². The van der Waals surface area contributed by atoms with Crippen LogP contribution in [0.25, 0.3) is 0 Å². The number of thiocarbonyl (C=S) groups is 1. The number of nitrogens with zero attached hydrogens (tertiary/aromatic N) is 3. The average molecular weight is 336 g/mol. The minimum absolute atomic E-state index is 0.442. The fourth-order valence-electron chi connectivity index (χ4n) is 1.90. The predicted molar refractivity (Wildman–Crippen MR) is 94.6 cm³/mol. The first-order valence-corrected chi connectivity index (χ1v) is 7.59. The van der Waals surface area contributed by atoms with Gasteiger partial charge in [-0.1, -0.05) is 41.4 Å². The quantitative estimate of drug-likeness (QED) is 0.512. The lowest BCUT2D eigenvalue weighted by Gasteiger charge is -2.04. The van der Waals surface area contributed by atoms with Crippen molar-refractivity contribution in [3.63, 3.8) is 0 Å². The molecule has 22 heavy (non-hydrogen) atoms. The number of aryl methyl sites for hydroxylation is 2. The molecule has 1 heterocycles. The van der Waals surface area contributed by atoms with Gasteiger partial charge in [-0.3, -0.25) is 5.43 Å². The van der Waals surface area contributed by atoms with E-state index in [1.807, 2.05) is 6.92 Å². The summed E-state index contributed by atoms with van der Waals surface area (Å²) in [5.74, 6) is 0. The molecule has 0 amide bonds. The van der Waals surface area contributed by atoms with Crippen LogP contribution in [0.1, 0.15) is 22.4 Å². The molecule has 5 nitrogen and oxygen atoms in total. The molecule has 0 spiro atoms. The summed E-state index contributed by atoms with van der Waals surface area (Å²) in [6.45, 7) is 4.58. The second-order valence-corrected chi connectivity index (χ2v) is 5.65. The first-order valence-electron chi connectivity index (χ1n) is 6.80. The smallest absolute Gasteiger partial charge is 0.186 e. The monoisotopic (exact) mass is 335 g/mol. The van der Waals surface area contributed by atoms with Gasteiger partial charge in [0, 0.05) is 7.05 Å². The Morgan fingerprint density at radius 1 is 1.36 bits per heavy atom. The lowest BCUT2D eigenvalue weighted by molar-refractivity contribution is 0.680. The molecule has 0 atom stereocenters. The van der Waals surface area contributed by atoms with Crippen molar-refractivity contribution in [2.75, 3.05) is 7.05 Å². The maximum atomic E-state index is 6.39. The highest BCUT2D eigenvalue weighted by atomic mass is 35.5. The first-order chi connectivity index (χ1) is 10.5. The third-order valence-electron chi connectivity index (χ3n) is 3.15. The summed E-state index contributed by atoms with van der Waals surface area (Å²) in [5, 5.41) is 12.3. The summed E-state index contributed by atoms with van der Waals surface area (Å²) in [6, 6.07) is 8.29. The zero-order chi connectivity index (χ0) is 16.1. The van der Waals surface area contributed by atoms with Crippen molar-refractivity contribution in [2.24, 2.45) is 5.10 Å². The maximum absolute atomic E-state index is 6.39. The van der Waals surface area contributed by atoms with E-state index < -0.39 is 0 Å². The molecule has 0 fully saturated rings. The van der Waals surface area contributed by atoms with Crippen LogP contribution in [0.2, 0.25) is 5.15 Å².